The highest BCUT2D eigenvalue weighted by Crippen LogP contribution is 2.24. The number of sulfone groups is 1. The smallest absolute Gasteiger partial charge is 0.272 e. The number of carbonyl (C=O) groups is 1. The van der Waals surface area contributed by atoms with Gasteiger partial charge in [-0.1, -0.05) is 20.8 Å². The van der Waals surface area contributed by atoms with E-state index in [0.29, 0.717) is 0 Å². The number of halogens is 2. The molecule has 1 heterocycles. The fourth-order valence-electron chi connectivity index (χ4n) is 2.35. The van der Waals surface area contributed by atoms with Gasteiger partial charge in [0, 0.05) is 25.0 Å². The summed E-state index contributed by atoms with van der Waals surface area (Å²) >= 11 is 0. The highest BCUT2D eigenvalue weighted by molar-refractivity contribution is 7.91. The Bertz CT molecular complexity index is 912. The molecule has 8 heteroatoms. The second kappa shape index (κ2) is 6.59. The zero-order valence-electron chi connectivity index (χ0n) is 14.4. The highest BCUT2D eigenvalue weighted by Gasteiger charge is 2.26. The van der Waals surface area contributed by atoms with Gasteiger partial charge in [-0.05, 0) is 23.6 Å². The number of rotatable bonds is 4. The Labute approximate surface area is 145 Å². The third-order valence-corrected chi connectivity index (χ3v) is 5.56. The van der Waals surface area contributed by atoms with E-state index < -0.39 is 32.8 Å². The number of amides is 1. The maximum Gasteiger partial charge on any atom is 0.272 e. The van der Waals surface area contributed by atoms with E-state index in [2.05, 4.69) is 5.32 Å². The van der Waals surface area contributed by atoms with Gasteiger partial charge in [-0.3, -0.25) is 4.79 Å². The van der Waals surface area contributed by atoms with E-state index in [-0.39, 0.29) is 22.0 Å². The van der Waals surface area contributed by atoms with Crippen LogP contribution in [-0.4, -0.2) is 24.6 Å². The second-order valence-electron chi connectivity index (χ2n) is 7.07. The summed E-state index contributed by atoms with van der Waals surface area (Å²) in [6, 6.07) is 4.25. The van der Waals surface area contributed by atoms with Crippen LogP contribution in [0.3, 0.4) is 0 Å². The van der Waals surface area contributed by atoms with Gasteiger partial charge in [-0.2, -0.15) is 0 Å². The topological polar surface area (TPSA) is 68.2 Å². The summed E-state index contributed by atoms with van der Waals surface area (Å²) < 4.78 is 52.4. The van der Waals surface area contributed by atoms with Gasteiger partial charge in [0.1, 0.15) is 5.69 Å². The molecular weight excluding hydrogens is 350 g/mol. The molecule has 5 nitrogen and oxygen atoms in total. The van der Waals surface area contributed by atoms with Crippen molar-refractivity contribution in [3.05, 3.63) is 47.8 Å². The first kappa shape index (κ1) is 19.1. The molecule has 25 heavy (non-hydrogen) atoms. The van der Waals surface area contributed by atoms with Gasteiger partial charge in [0.15, 0.2) is 21.5 Å². The largest absolute Gasteiger partial charge is 0.345 e. The van der Waals surface area contributed by atoms with Crippen molar-refractivity contribution in [1.29, 1.82) is 0 Å². The summed E-state index contributed by atoms with van der Waals surface area (Å²) in [6.45, 7) is 5.43. The minimum Gasteiger partial charge on any atom is -0.345 e. The zero-order valence-corrected chi connectivity index (χ0v) is 15.2. The van der Waals surface area contributed by atoms with Crippen molar-refractivity contribution in [3.8, 4) is 0 Å². The third kappa shape index (κ3) is 4.66. The number of benzene rings is 1. The molecule has 0 saturated carbocycles. The molecule has 1 aromatic heterocycles. The molecule has 2 aromatic rings. The summed E-state index contributed by atoms with van der Waals surface area (Å²) in [5.41, 5.74) is -0.260. The van der Waals surface area contributed by atoms with Crippen molar-refractivity contribution in [2.24, 2.45) is 12.5 Å². The van der Waals surface area contributed by atoms with Gasteiger partial charge < -0.3 is 9.88 Å². The van der Waals surface area contributed by atoms with Crippen molar-refractivity contribution in [2.75, 3.05) is 11.1 Å². The molecule has 0 fully saturated rings. The van der Waals surface area contributed by atoms with Crippen LogP contribution in [0.2, 0.25) is 0 Å². The van der Waals surface area contributed by atoms with E-state index in [0.717, 1.165) is 12.1 Å². The van der Waals surface area contributed by atoms with Crippen LogP contribution in [0.5, 0.6) is 0 Å². The van der Waals surface area contributed by atoms with Crippen LogP contribution in [0.25, 0.3) is 0 Å². The van der Waals surface area contributed by atoms with E-state index in [1.54, 1.807) is 0 Å². The predicted octanol–water partition coefficient (Wildman–Crippen LogP) is 3.38. The van der Waals surface area contributed by atoms with Crippen molar-refractivity contribution < 1.29 is 22.0 Å². The van der Waals surface area contributed by atoms with E-state index in [4.69, 9.17) is 0 Å². The predicted molar refractivity (Wildman–Crippen MR) is 91.2 cm³/mol. The standard InChI is InChI=1S/C17H20F2N2O3S/c1-17(2,3)10-25(23,24)12-8-15(21(4)9-12)16(22)20-11-5-6-13(18)14(19)7-11/h5-9H,10H2,1-4H3,(H,20,22). The normalized spacial score (nSPS) is 12.2. The van der Waals surface area contributed by atoms with Crippen molar-refractivity contribution in [3.63, 3.8) is 0 Å². The Balaban J connectivity index is 2.27. The Kier molecular flexibility index (Phi) is 5.04. The van der Waals surface area contributed by atoms with Crippen LogP contribution in [0.15, 0.2) is 35.4 Å². The van der Waals surface area contributed by atoms with Gasteiger partial charge in [-0.15, -0.1) is 0 Å². The van der Waals surface area contributed by atoms with Crippen LogP contribution in [0, 0.1) is 17.0 Å². The molecule has 0 unspecified atom stereocenters. The molecule has 1 aromatic carbocycles. The average Bonchev–Trinajstić information content (AvgIpc) is 2.83. The van der Waals surface area contributed by atoms with Crippen LogP contribution in [-0.2, 0) is 16.9 Å². The molecule has 2 rings (SSSR count). The highest BCUT2D eigenvalue weighted by atomic mass is 32.2. The molecule has 1 N–H and O–H groups in total. The summed E-state index contributed by atoms with van der Waals surface area (Å²) in [5.74, 6) is -2.79. The second-order valence-corrected chi connectivity index (χ2v) is 9.06. The van der Waals surface area contributed by atoms with Gasteiger partial charge >= 0.3 is 0 Å². The molecule has 1 amide bonds. The average molecular weight is 370 g/mol. The number of carbonyl (C=O) groups excluding carboxylic acids is 1. The van der Waals surface area contributed by atoms with Gasteiger partial charge in [0.2, 0.25) is 0 Å². The van der Waals surface area contributed by atoms with Gasteiger partial charge in [-0.25, -0.2) is 17.2 Å². The summed E-state index contributed by atoms with van der Waals surface area (Å²) in [6.07, 6.45) is 1.36. The third-order valence-electron chi connectivity index (χ3n) is 3.37. The Morgan fingerprint density at radius 2 is 1.80 bits per heavy atom. The fourth-order valence-corrected chi connectivity index (χ4v) is 4.27. The molecule has 0 aliphatic heterocycles. The lowest BCUT2D eigenvalue weighted by Gasteiger charge is -2.17. The van der Waals surface area contributed by atoms with Crippen LogP contribution >= 0.6 is 0 Å². The molecule has 0 bridgehead atoms. The van der Waals surface area contributed by atoms with Gasteiger partial charge in [0.05, 0.1) is 10.6 Å². The first-order valence-corrected chi connectivity index (χ1v) is 9.20. The fraction of sp³-hybridized carbons (Fsp3) is 0.353. The molecule has 0 atom stereocenters. The molecule has 0 aliphatic carbocycles. The molecule has 136 valence electrons. The Hall–Kier alpha value is -2.22. The monoisotopic (exact) mass is 370 g/mol. The maximum absolute atomic E-state index is 13.2. The number of nitrogens with zero attached hydrogens (tertiary/aromatic N) is 1. The molecule has 0 saturated heterocycles. The van der Waals surface area contributed by atoms with E-state index in [1.165, 1.54) is 29.9 Å². The first-order chi connectivity index (χ1) is 11.4. The molecule has 0 aliphatic rings. The van der Waals surface area contributed by atoms with Gasteiger partial charge in [0.25, 0.3) is 5.91 Å². The first-order valence-electron chi connectivity index (χ1n) is 7.54. The number of hydrogen-bond donors (Lipinski definition) is 1. The lowest BCUT2D eigenvalue weighted by molar-refractivity contribution is 0.101. The number of aryl methyl sites for hydroxylation is 1. The van der Waals surface area contributed by atoms with E-state index in [9.17, 15) is 22.0 Å². The quantitative estimate of drug-likeness (QED) is 0.897. The molecular formula is C17H20F2N2O3S. The van der Waals surface area contributed by atoms with Crippen LogP contribution < -0.4 is 5.32 Å². The van der Waals surface area contributed by atoms with Crippen molar-refractivity contribution in [1.82, 2.24) is 4.57 Å². The zero-order chi connectivity index (χ0) is 19.0. The summed E-state index contributed by atoms with van der Waals surface area (Å²) in [5, 5.41) is 2.42. The minimum absolute atomic E-state index is 0.0420. The number of anilines is 1. The number of aromatic nitrogens is 1. The number of hydrogen-bond acceptors (Lipinski definition) is 3. The minimum atomic E-state index is -3.55. The van der Waals surface area contributed by atoms with Crippen LogP contribution in [0.4, 0.5) is 14.5 Å². The Morgan fingerprint density at radius 3 is 2.36 bits per heavy atom. The van der Waals surface area contributed by atoms with E-state index in [1.807, 2.05) is 20.8 Å². The van der Waals surface area contributed by atoms with Crippen molar-refractivity contribution in [2.45, 2.75) is 25.7 Å². The molecule has 0 spiro atoms. The van der Waals surface area contributed by atoms with Crippen LogP contribution in [0.1, 0.15) is 31.3 Å². The molecule has 0 radical (unpaired) electrons. The lowest BCUT2D eigenvalue weighted by Crippen LogP contribution is -2.20. The van der Waals surface area contributed by atoms with E-state index >= 15 is 0 Å². The lowest BCUT2D eigenvalue weighted by atomic mass is 10.0. The Morgan fingerprint density at radius 1 is 1.16 bits per heavy atom. The number of nitrogens with one attached hydrogen (secondary N) is 1. The maximum atomic E-state index is 13.2. The summed E-state index contributed by atoms with van der Waals surface area (Å²) in [7, 11) is -2.01. The summed E-state index contributed by atoms with van der Waals surface area (Å²) in [4.78, 5) is 12.4. The SMILES string of the molecule is Cn1cc(S(=O)(=O)CC(C)(C)C)cc1C(=O)Nc1ccc(F)c(F)c1. The van der Waals surface area contributed by atoms with Crippen molar-refractivity contribution >= 4 is 21.4 Å².